The van der Waals surface area contributed by atoms with E-state index in [0.717, 1.165) is 49.0 Å². The smallest absolute Gasteiger partial charge is 0.220 e. The molecule has 1 aliphatic rings. The maximum Gasteiger partial charge on any atom is 0.220 e. The van der Waals surface area contributed by atoms with Crippen LogP contribution in [0, 0.1) is 5.92 Å². The van der Waals surface area contributed by atoms with Crippen LogP contribution in [0.5, 0.6) is 0 Å². The number of carbonyl (C=O) groups excluding carboxylic acids is 1. The van der Waals surface area contributed by atoms with Crippen LogP contribution in [0.1, 0.15) is 45.6 Å². The summed E-state index contributed by atoms with van der Waals surface area (Å²) in [4.78, 5) is 18.8. The molecule has 0 bridgehead atoms. The molecular formula is C21H33ClN4O. The number of benzene rings is 1. The second-order valence-electron chi connectivity index (χ2n) is 7.84. The molecule has 1 heterocycles. The number of carbonyl (C=O) groups is 1. The molecule has 2 rings (SSSR count). The van der Waals surface area contributed by atoms with E-state index in [-0.39, 0.29) is 11.3 Å². The highest BCUT2D eigenvalue weighted by atomic mass is 35.5. The van der Waals surface area contributed by atoms with Crippen molar-refractivity contribution in [3.8, 4) is 0 Å². The Kier molecular flexibility index (Phi) is 7.96. The molecule has 1 aromatic carbocycles. The van der Waals surface area contributed by atoms with Crippen LogP contribution in [0.4, 0.5) is 0 Å². The van der Waals surface area contributed by atoms with Crippen LogP contribution in [0.2, 0.25) is 5.02 Å². The Morgan fingerprint density at radius 3 is 2.56 bits per heavy atom. The lowest BCUT2D eigenvalue weighted by atomic mass is 9.85. The van der Waals surface area contributed by atoms with E-state index in [9.17, 15) is 4.79 Å². The first kappa shape index (κ1) is 21.5. The minimum Gasteiger partial charge on any atom is -0.359 e. The average Bonchev–Trinajstić information content (AvgIpc) is 2.66. The molecule has 1 fully saturated rings. The number of hydrogen-bond acceptors (Lipinski definition) is 2. The molecule has 0 unspecified atom stereocenters. The van der Waals surface area contributed by atoms with Crippen LogP contribution in [-0.2, 0) is 10.2 Å². The monoisotopic (exact) mass is 392 g/mol. The highest BCUT2D eigenvalue weighted by molar-refractivity contribution is 6.31. The molecule has 0 saturated carbocycles. The maximum absolute atomic E-state index is 11.6. The van der Waals surface area contributed by atoms with Crippen molar-refractivity contribution in [3.63, 3.8) is 0 Å². The van der Waals surface area contributed by atoms with Crippen molar-refractivity contribution in [2.45, 2.75) is 45.4 Å². The predicted octanol–water partition coefficient (Wildman–Crippen LogP) is 3.43. The molecule has 2 N–H and O–H groups in total. The highest BCUT2D eigenvalue weighted by Gasteiger charge is 2.26. The standard InChI is InChI=1S/C21H33ClN4O/c1-5-24-20(26-12-10-16(11-13-26)14-19(27)23-4)25-15-21(2,3)17-8-6-7-9-18(17)22/h6-9,16H,5,10-15H2,1-4H3,(H,23,27)(H,24,25). The third kappa shape index (κ3) is 6.13. The molecule has 0 aliphatic carbocycles. The Morgan fingerprint density at radius 2 is 1.96 bits per heavy atom. The third-order valence-corrected chi connectivity index (χ3v) is 5.56. The van der Waals surface area contributed by atoms with Crippen molar-refractivity contribution in [2.24, 2.45) is 10.9 Å². The van der Waals surface area contributed by atoms with E-state index in [4.69, 9.17) is 16.6 Å². The van der Waals surface area contributed by atoms with E-state index in [1.807, 2.05) is 18.2 Å². The number of nitrogens with zero attached hydrogens (tertiary/aromatic N) is 2. The van der Waals surface area contributed by atoms with Gasteiger partial charge in [0.05, 0.1) is 6.54 Å². The van der Waals surface area contributed by atoms with Gasteiger partial charge in [-0.05, 0) is 37.3 Å². The van der Waals surface area contributed by atoms with Gasteiger partial charge in [-0.25, -0.2) is 0 Å². The molecular weight excluding hydrogens is 360 g/mol. The summed E-state index contributed by atoms with van der Waals surface area (Å²) in [5.41, 5.74) is 0.979. The summed E-state index contributed by atoms with van der Waals surface area (Å²) in [5, 5.41) is 6.94. The first-order valence-electron chi connectivity index (χ1n) is 9.86. The fraction of sp³-hybridized carbons (Fsp3) is 0.619. The molecule has 1 aliphatic heterocycles. The zero-order valence-corrected chi connectivity index (χ0v) is 17.8. The van der Waals surface area contributed by atoms with E-state index in [1.165, 1.54) is 0 Å². The number of rotatable bonds is 6. The summed E-state index contributed by atoms with van der Waals surface area (Å²) in [6, 6.07) is 7.99. The van der Waals surface area contributed by atoms with E-state index in [0.29, 0.717) is 18.9 Å². The van der Waals surface area contributed by atoms with Gasteiger partial charge in [0.25, 0.3) is 0 Å². The number of guanidine groups is 1. The van der Waals surface area contributed by atoms with Crippen molar-refractivity contribution in [1.29, 1.82) is 0 Å². The summed E-state index contributed by atoms with van der Waals surface area (Å²) in [6.45, 7) is 9.81. The van der Waals surface area contributed by atoms with Crippen LogP contribution >= 0.6 is 11.6 Å². The van der Waals surface area contributed by atoms with Gasteiger partial charge in [-0.1, -0.05) is 43.6 Å². The van der Waals surface area contributed by atoms with Gasteiger partial charge in [0.2, 0.25) is 5.91 Å². The van der Waals surface area contributed by atoms with E-state index < -0.39 is 0 Å². The molecule has 0 radical (unpaired) electrons. The number of aliphatic imine (C=N–C) groups is 1. The Balaban J connectivity index is 2.02. The van der Waals surface area contributed by atoms with Gasteiger partial charge in [-0.15, -0.1) is 0 Å². The summed E-state index contributed by atoms with van der Waals surface area (Å²) in [7, 11) is 1.70. The average molecular weight is 393 g/mol. The van der Waals surface area contributed by atoms with Crippen LogP contribution in [0.3, 0.4) is 0 Å². The molecule has 1 saturated heterocycles. The summed E-state index contributed by atoms with van der Waals surface area (Å²) < 4.78 is 0. The quantitative estimate of drug-likeness (QED) is 0.576. The first-order valence-corrected chi connectivity index (χ1v) is 10.2. The third-order valence-electron chi connectivity index (χ3n) is 5.23. The molecule has 1 aromatic rings. The highest BCUT2D eigenvalue weighted by Crippen LogP contribution is 2.30. The van der Waals surface area contributed by atoms with Crippen molar-refractivity contribution in [1.82, 2.24) is 15.5 Å². The summed E-state index contributed by atoms with van der Waals surface area (Å²) in [6.07, 6.45) is 2.66. The largest absolute Gasteiger partial charge is 0.359 e. The molecule has 1 amide bonds. The van der Waals surface area contributed by atoms with Gasteiger partial charge in [0.1, 0.15) is 0 Å². The lowest BCUT2D eigenvalue weighted by Gasteiger charge is -2.34. The maximum atomic E-state index is 11.6. The zero-order chi connectivity index (χ0) is 19.9. The fourth-order valence-electron chi connectivity index (χ4n) is 3.51. The molecule has 27 heavy (non-hydrogen) atoms. The van der Waals surface area contributed by atoms with Gasteiger partial charge in [-0.2, -0.15) is 0 Å². The topological polar surface area (TPSA) is 56.7 Å². The van der Waals surface area contributed by atoms with Crippen LogP contribution < -0.4 is 10.6 Å². The first-order chi connectivity index (χ1) is 12.9. The molecule has 0 spiro atoms. The van der Waals surface area contributed by atoms with Crippen molar-refractivity contribution >= 4 is 23.5 Å². The molecule has 150 valence electrons. The van der Waals surface area contributed by atoms with Gasteiger partial charge in [0, 0.05) is 43.5 Å². The van der Waals surface area contributed by atoms with Gasteiger partial charge < -0.3 is 15.5 Å². The molecule has 0 atom stereocenters. The summed E-state index contributed by atoms with van der Waals surface area (Å²) >= 11 is 6.40. The SMILES string of the molecule is CCNC(=NCC(C)(C)c1ccccc1Cl)N1CCC(CC(=O)NC)CC1. The van der Waals surface area contributed by atoms with E-state index in [1.54, 1.807) is 7.05 Å². The number of halogens is 1. The molecule has 5 nitrogen and oxygen atoms in total. The fourth-order valence-corrected chi connectivity index (χ4v) is 3.90. The van der Waals surface area contributed by atoms with E-state index in [2.05, 4.69) is 42.4 Å². The Labute approximate surface area is 168 Å². The minimum absolute atomic E-state index is 0.135. The van der Waals surface area contributed by atoms with Crippen LogP contribution in [0.25, 0.3) is 0 Å². The normalized spacial score (nSPS) is 16.3. The van der Waals surface area contributed by atoms with Crippen LogP contribution in [0.15, 0.2) is 29.3 Å². The van der Waals surface area contributed by atoms with Gasteiger partial charge >= 0.3 is 0 Å². The number of nitrogens with one attached hydrogen (secondary N) is 2. The van der Waals surface area contributed by atoms with Gasteiger partial charge in [-0.3, -0.25) is 9.79 Å². The van der Waals surface area contributed by atoms with Crippen LogP contribution in [-0.4, -0.2) is 50.0 Å². The van der Waals surface area contributed by atoms with Crippen molar-refractivity contribution in [2.75, 3.05) is 33.2 Å². The Bertz CT molecular complexity index is 651. The number of likely N-dealkylation sites (tertiary alicyclic amines) is 1. The minimum atomic E-state index is -0.142. The second kappa shape index (κ2) is 9.98. The Morgan fingerprint density at radius 1 is 1.30 bits per heavy atom. The lowest BCUT2D eigenvalue weighted by molar-refractivity contribution is -0.121. The van der Waals surface area contributed by atoms with Crippen molar-refractivity contribution < 1.29 is 4.79 Å². The molecule has 0 aromatic heterocycles. The lowest BCUT2D eigenvalue weighted by Crippen LogP contribution is -2.46. The number of piperidine rings is 1. The number of hydrogen-bond donors (Lipinski definition) is 2. The van der Waals surface area contributed by atoms with Gasteiger partial charge in [0.15, 0.2) is 5.96 Å². The second-order valence-corrected chi connectivity index (χ2v) is 8.25. The molecule has 6 heteroatoms. The number of amides is 1. The van der Waals surface area contributed by atoms with E-state index >= 15 is 0 Å². The Hall–Kier alpha value is -1.75. The summed E-state index contributed by atoms with van der Waals surface area (Å²) in [5.74, 6) is 1.55. The van der Waals surface area contributed by atoms with Crippen molar-refractivity contribution in [3.05, 3.63) is 34.9 Å². The zero-order valence-electron chi connectivity index (χ0n) is 17.0. The predicted molar refractivity (Wildman–Crippen MR) is 113 cm³/mol.